The van der Waals surface area contributed by atoms with E-state index in [1.807, 2.05) is 19.2 Å². The molecule has 0 radical (unpaired) electrons. The van der Waals surface area contributed by atoms with E-state index in [1.165, 1.54) is 4.52 Å². The fourth-order valence-corrected chi connectivity index (χ4v) is 3.86. The van der Waals surface area contributed by atoms with Gasteiger partial charge in [0.15, 0.2) is 5.65 Å². The van der Waals surface area contributed by atoms with Crippen LogP contribution >= 0.6 is 0 Å². The number of aryl methyl sites for hydroxylation is 1. The molecular formula is C19H26N6O. The van der Waals surface area contributed by atoms with Crippen molar-refractivity contribution >= 4 is 5.65 Å². The van der Waals surface area contributed by atoms with Crippen LogP contribution in [0.2, 0.25) is 0 Å². The van der Waals surface area contributed by atoms with E-state index >= 15 is 0 Å². The van der Waals surface area contributed by atoms with Gasteiger partial charge in [0, 0.05) is 42.2 Å². The molecule has 1 saturated heterocycles. The van der Waals surface area contributed by atoms with Crippen LogP contribution in [0.1, 0.15) is 55.9 Å². The van der Waals surface area contributed by atoms with Crippen LogP contribution in [0.4, 0.5) is 0 Å². The van der Waals surface area contributed by atoms with Crippen molar-refractivity contribution in [2.24, 2.45) is 0 Å². The van der Waals surface area contributed by atoms with E-state index in [1.54, 1.807) is 6.07 Å². The molecule has 0 saturated carbocycles. The number of fused-ring (bicyclic) bond motifs is 1. The molecule has 1 aliphatic heterocycles. The summed E-state index contributed by atoms with van der Waals surface area (Å²) >= 11 is 0. The van der Waals surface area contributed by atoms with Gasteiger partial charge in [0.2, 0.25) is 0 Å². The highest BCUT2D eigenvalue weighted by Crippen LogP contribution is 2.27. The average Bonchev–Trinajstić information content (AvgIpc) is 3.21. The summed E-state index contributed by atoms with van der Waals surface area (Å²) in [6, 6.07) is 4.04. The average molecular weight is 354 g/mol. The van der Waals surface area contributed by atoms with Gasteiger partial charge in [0.25, 0.3) is 5.56 Å². The molecule has 1 aliphatic rings. The van der Waals surface area contributed by atoms with Gasteiger partial charge in [0.05, 0.1) is 12.2 Å². The van der Waals surface area contributed by atoms with E-state index in [9.17, 15) is 4.79 Å². The Morgan fingerprint density at radius 3 is 2.77 bits per heavy atom. The lowest BCUT2D eigenvalue weighted by Crippen LogP contribution is -2.34. The largest absolute Gasteiger partial charge is 0.331 e. The fraction of sp³-hybridized carbons (Fsp3) is 0.526. The highest BCUT2D eigenvalue weighted by atomic mass is 16.1. The lowest BCUT2D eigenvalue weighted by molar-refractivity contribution is 0.195. The number of aromatic nitrogens is 5. The molecule has 3 aromatic heterocycles. The molecule has 1 N–H and O–H groups in total. The van der Waals surface area contributed by atoms with E-state index in [0.717, 1.165) is 49.7 Å². The lowest BCUT2D eigenvalue weighted by atomic mass is 9.93. The lowest BCUT2D eigenvalue weighted by Gasteiger charge is -2.31. The zero-order valence-electron chi connectivity index (χ0n) is 15.6. The Kier molecular flexibility index (Phi) is 4.40. The smallest absolute Gasteiger partial charge is 0.272 e. The molecule has 7 nitrogen and oxygen atoms in total. The Balaban J connectivity index is 1.45. The maximum atomic E-state index is 12.3. The minimum Gasteiger partial charge on any atom is -0.331 e. The Morgan fingerprint density at radius 1 is 1.27 bits per heavy atom. The third kappa shape index (κ3) is 3.19. The molecule has 7 heteroatoms. The van der Waals surface area contributed by atoms with Gasteiger partial charge >= 0.3 is 0 Å². The van der Waals surface area contributed by atoms with Crippen LogP contribution in [0, 0.1) is 6.92 Å². The molecule has 0 amide bonds. The summed E-state index contributed by atoms with van der Waals surface area (Å²) in [5.74, 6) is 1.48. The number of piperidine rings is 1. The van der Waals surface area contributed by atoms with Gasteiger partial charge in [-0.25, -0.2) is 14.5 Å². The normalized spacial score (nSPS) is 16.8. The number of hydrogen-bond donors (Lipinski definition) is 1. The van der Waals surface area contributed by atoms with Gasteiger partial charge in [-0.1, -0.05) is 0 Å². The highest BCUT2D eigenvalue weighted by molar-refractivity contribution is 5.39. The third-order valence-electron chi connectivity index (χ3n) is 5.27. The summed E-state index contributed by atoms with van der Waals surface area (Å²) in [6.07, 6.45) is 5.98. The number of nitrogens with zero attached hydrogens (tertiary/aromatic N) is 5. The second kappa shape index (κ2) is 6.72. The van der Waals surface area contributed by atoms with Crippen LogP contribution in [-0.2, 0) is 6.54 Å². The summed E-state index contributed by atoms with van der Waals surface area (Å²) in [7, 11) is 0. The number of nitrogens with one attached hydrogen (secondary N) is 1. The molecule has 0 aliphatic carbocycles. The first kappa shape index (κ1) is 17.0. The first-order valence-electron chi connectivity index (χ1n) is 9.34. The summed E-state index contributed by atoms with van der Waals surface area (Å²) in [6.45, 7) is 9.18. The van der Waals surface area contributed by atoms with Crippen LogP contribution < -0.4 is 5.56 Å². The summed E-state index contributed by atoms with van der Waals surface area (Å²) in [5, 5.41) is 3.03. The van der Waals surface area contributed by atoms with Gasteiger partial charge in [-0.3, -0.25) is 14.8 Å². The third-order valence-corrected chi connectivity index (χ3v) is 5.27. The standard InChI is InChI=1S/C19H26N6O/c1-13(2)24-9-6-20-18(24)12-23-7-4-15(5-8-23)16-11-19(26)25-17(21-16)10-14(3)22-25/h6,9-11,13,15,22H,4-5,7-8,12H2,1-3H3. The molecule has 26 heavy (non-hydrogen) atoms. The molecule has 0 spiro atoms. The van der Waals surface area contributed by atoms with Crippen LogP contribution in [0.15, 0.2) is 29.3 Å². The molecule has 0 atom stereocenters. The van der Waals surface area contributed by atoms with Crippen LogP contribution in [0.3, 0.4) is 0 Å². The van der Waals surface area contributed by atoms with Crippen molar-refractivity contribution in [3.63, 3.8) is 0 Å². The number of rotatable bonds is 4. The number of aromatic amines is 1. The Morgan fingerprint density at radius 2 is 2.04 bits per heavy atom. The number of likely N-dealkylation sites (tertiary alicyclic amines) is 1. The van der Waals surface area contributed by atoms with Crippen molar-refractivity contribution in [3.8, 4) is 0 Å². The van der Waals surface area contributed by atoms with E-state index in [0.29, 0.717) is 17.6 Å². The molecule has 0 unspecified atom stereocenters. The summed E-state index contributed by atoms with van der Waals surface area (Å²) < 4.78 is 3.75. The Bertz CT molecular complexity index is 958. The highest BCUT2D eigenvalue weighted by Gasteiger charge is 2.23. The van der Waals surface area contributed by atoms with Crippen LogP contribution in [-0.4, -0.2) is 42.1 Å². The maximum Gasteiger partial charge on any atom is 0.272 e. The van der Waals surface area contributed by atoms with Crippen LogP contribution in [0.25, 0.3) is 5.65 Å². The minimum atomic E-state index is -0.0282. The van der Waals surface area contributed by atoms with E-state index in [4.69, 9.17) is 4.98 Å². The number of hydrogen-bond acceptors (Lipinski definition) is 4. The quantitative estimate of drug-likeness (QED) is 0.781. The van der Waals surface area contributed by atoms with E-state index < -0.39 is 0 Å². The Hall–Kier alpha value is -2.41. The molecule has 0 aromatic carbocycles. The molecule has 4 heterocycles. The topological polar surface area (TPSA) is 71.2 Å². The van der Waals surface area contributed by atoms with E-state index in [2.05, 4.69) is 39.6 Å². The molecular weight excluding hydrogens is 328 g/mol. The first-order valence-corrected chi connectivity index (χ1v) is 9.34. The van der Waals surface area contributed by atoms with Crippen molar-refractivity contribution in [1.82, 2.24) is 29.0 Å². The molecule has 1 fully saturated rings. The van der Waals surface area contributed by atoms with E-state index in [-0.39, 0.29) is 5.56 Å². The maximum absolute atomic E-state index is 12.3. The van der Waals surface area contributed by atoms with Crippen LogP contribution in [0.5, 0.6) is 0 Å². The molecule has 4 rings (SSSR count). The molecule has 0 bridgehead atoms. The fourth-order valence-electron chi connectivity index (χ4n) is 3.86. The number of H-pyrrole nitrogens is 1. The molecule has 138 valence electrons. The van der Waals surface area contributed by atoms with Gasteiger partial charge in [-0.15, -0.1) is 0 Å². The predicted molar refractivity (Wildman–Crippen MR) is 100 cm³/mol. The van der Waals surface area contributed by atoms with Crippen molar-refractivity contribution in [1.29, 1.82) is 0 Å². The summed E-state index contributed by atoms with van der Waals surface area (Å²) in [4.78, 5) is 24.0. The van der Waals surface area contributed by atoms with Gasteiger partial charge in [-0.2, -0.15) is 0 Å². The van der Waals surface area contributed by atoms with Crippen molar-refractivity contribution < 1.29 is 0 Å². The Labute approximate surface area is 152 Å². The SMILES string of the molecule is Cc1cc2nc(C3CCN(Cc4nccn4C(C)C)CC3)cc(=O)n2[nH]1. The number of imidazole rings is 1. The molecule has 3 aromatic rings. The van der Waals surface area contributed by atoms with Gasteiger partial charge in [-0.05, 0) is 46.7 Å². The first-order chi connectivity index (χ1) is 12.5. The van der Waals surface area contributed by atoms with Crippen molar-refractivity contribution in [2.75, 3.05) is 13.1 Å². The van der Waals surface area contributed by atoms with Gasteiger partial charge in [0.1, 0.15) is 5.82 Å². The summed E-state index contributed by atoms with van der Waals surface area (Å²) in [5.41, 5.74) is 2.56. The monoisotopic (exact) mass is 354 g/mol. The zero-order chi connectivity index (χ0) is 18.3. The second-order valence-electron chi connectivity index (χ2n) is 7.55. The predicted octanol–water partition coefficient (Wildman–Crippen LogP) is 2.49. The van der Waals surface area contributed by atoms with Crippen molar-refractivity contribution in [2.45, 2.75) is 52.1 Å². The van der Waals surface area contributed by atoms with Gasteiger partial charge < -0.3 is 4.57 Å². The van der Waals surface area contributed by atoms with Crippen molar-refractivity contribution in [3.05, 3.63) is 52.1 Å². The minimum absolute atomic E-state index is 0.0282. The zero-order valence-corrected chi connectivity index (χ0v) is 15.6. The second-order valence-corrected chi connectivity index (χ2v) is 7.55.